The van der Waals surface area contributed by atoms with Gasteiger partial charge in [-0.25, -0.2) is 4.98 Å². The molecule has 5 aromatic heterocycles. The number of rotatable bonds is 5. The Morgan fingerprint density at radius 1 is 0.652 bits per heavy atom. The first kappa shape index (κ1) is 31.4. The maximum atomic E-state index is 12.5. The molecule has 0 fully saturated rings. The summed E-state index contributed by atoms with van der Waals surface area (Å²) in [5.74, 6) is 0.0935. The van der Waals surface area contributed by atoms with Gasteiger partial charge < -0.3 is 0 Å². The first-order valence-corrected chi connectivity index (χ1v) is 16.3. The maximum absolute atomic E-state index is 12.5. The highest BCUT2D eigenvalue weighted by Crippen LogP contribution is 2.32. The van der Waals surface area contributed by atoms with Gasteiger partial charge in [-0.05, 0) is 119 Å². The number of Topliss-reactive ketones (excluding diaryl/α,β-unsaturated/α-hetero) is 1. The molecule has 0 saturated carbocycles. The number of H-pyrrole nitrogens is 1. The third kappa shape index (κ3) is 6.95. The summed E-state index contributed by atoms with van der Waals surface area (Å²) in [4.78, 5) is 30.5. The SMILES string of the molecule is Cc1ccc(C)c(-c2[nH]ncc2-c2ccc3ncc(Br)cc3n2)c1.Cc1ccc(C)c(C(=O)Cc2ccc3ncc(Br)cc3n2)c1. The molecular formula is C37H30Br2N6O. The van der Waals surface area contributed by atoms with E-state index in [0.29, 0.717) is 6.42 Å². The summed E-state index contributed by atoms with van der Waals surface area (Å²) in [7, 11) is 0. The number of ketones is 1. The Labute approximate surface area is 283 Å². The van der Waals surface area contributed by atoms with Gasteiger partial charge in [0, 0.05) is 43.7 Å². The van der Waals surface area contributed by atoms with Crippen molar-refractivity contribution in [2.24, 2.45) is 0 Å². The minimum Gasteiger partial charge on any atom is -0.294 e. The third-order valence-corrected chi connectivity index (χ3v) is 8.55. The number of carbonyl (C=O) groups is 1. The van der Waals surface area contributed by atoms with Crippen LogP contribution in [0.4, 0.5) is 0 Å². The second-order valence-corrected chi connectivity index (χ2v) is 13.1. The average molecular weight is 734 g/mol. The molecule has 7 nitrogen and oxygen atoms in total. The number of nitrogens with zero attached hydrogens (tertiary/aromatic N) is 5. The van der Waals surface area contributed by atoms with Crippen molar-refractivity contribution in [1.29, 1.82) is 0 Å². The van der Waals surface area contributed by atoms with Crippen molar-refractivity contribution in [2.45, 2.75) is 34.1 Å². The highest BCUT2D eigenvalue weighted by molar-refractivity contribution is 9.10. The number of aromatic amines is 1. The van der Waals surface area contributed by atoms with Crippen LogP contribution < -0.4 is 0 Å². The summed E-state index contributed by atoms with van der Waals surface area (Å²) in [6, 6.07) is 24.0. The zero-order chi connectivity index (χ0) is 32.4. The van der Waals surface area contributed by atoms with E-state index in [0.717, 1.165) is 75.9 Å². The number of aryl methyl sites for hydroxylation is 4. The molecule has 0 amide bonds. The number of hydrogen-bond acceptors (Lipinski definition) is 6. The predicted molar refractivity (Wildman–Crippen MR) is 191 cm³/mol. The van der Waals surface area contributed by atoms with Crippen LogP contribution in [0.25, 0.3) is 44.6 Å². The van der Waals surface area contributed by atoms with E-state index in [4.69, 9.17) is 4.98 Å². The largest absolute Gasteiger partial charge is 0.294 e. The smallest absolute Gasteiger partial charge is 0.169 e. The first-order chi connectivity index (χ1) is 22.1. The van der Waals surface area contributed by atoms with Crippen LogP contribution >= 0.6 is 31.9 Å². The molecule has 9 heteroatoms. The molecular weight excluding hydrogens is 704 g/mol. The molecule has 0 atom stereocenters. The first-order valence-electron chi connectivity index (χ1n) is 14.7. The van der Waals surface area contributed by atoms with Crippen molar-refractivity contribution in [2.75, 3.05) is 0 Å². The molecule has 2 aromatic carbocycles. The van der Waals surface area contributed by atoms with Gasteiger partial charge in [0.05, 0.1) is 46.1 Å². The van der Waals surface area contributed by atoms with Gasteiger partial charge in [-0.2, -0.15) is 5.10 Å². The summed E-state index contributed by atoms with van der Waals surface area (Å²) in [5, 5.41) is 7.39. The molecule has 0 saturated heterocycles. The zero-order valence-electron chi connectivity index (χ0n) is 25.8. The number of benzene rings is 2. The van der Waals surface area contributed by atoms with E-state index in [1.807, 2.05) is 74.6 Å². The fourth-order valence-electron chi connectivity index (χ4n) is 5.24. The Morgan fingerprint density at radius 2 is 1.28 bits per heavy atom. The Morgan fingerprint density at radius 3 is 2.00 bits per heavy atom. The summed E-state index contributed by atoms with van der Waals surface area (Å²) >= 11 is 6.85. The fourth-order valence-corrected chi connectivity index (χ4v) is 5.88. The Bertz CT molecular complexity index is 2240. The van der Waals surface area contributed by atoms with E-state index >= 15 is 0 Å². The van der Waals surface area contributed by atoms with Crippen molar-refractivity contribution in [1.82, 2.24) is 30.1 Å². The topological polar surface area (TPSA) is 97.3 Å². The number of halogens is 2. The van der Waals surface area contributed by atoms with Crippen molar-refractivity contribution < 1.29 is 4.79 Å². The molecule has 0 aliphatic heterocycles. The highest BCUT2D eigenvalue weighted by Gasteiger charge is 2.15. The number of carbonyl (C=O) groups excluding carboxylic acids is 1. The molecule has 7 aromatic rings. The quantitative estimate of drug-likeness (QED) is 0.177. The van der Waals surface area contributed by atoms with Gasteiger partial charge in [-0.3, -0.25) is 24.8 Å². The van der Waals surface area contributed by atoms with Crippen molar-refractivity contribution in [3.8, 4) is 22.5 Å². The molecule has 0 aliphatic rings. The molecule has 0 aliphatic carbocycles. The van der Waals surface area contributed by atoms with Crippen LogP contribution in [0.5, 0.6) is 0 Å². The molecule has 46 heavy (non-hydrogen) atoms. The summed E-state index contributed by atoms with van der Waals surface area (Å²) in [6.45, 7) is 8.15. The molecule has 0 unspecified atom stereocenters. The van der Waals surface area contributed by atoms with Crippen molar-refractivity contribution in [3.63, 3.8) is 0 Å². The molecule has 0 bridgehead atoms. The van der Waals surface area contributed by atoms with E-state index in [2.05, 4.69) is 89.1 Å². The van der Waals surface area contributed by atoms with Crippen LogP contribution in [0, 0.1) is 27.7 Å². The molecule has 7 rings (SSSR count). The summed E-state index contributed by atoms with van der Waals surface area (Å²) in [5.41, 5.74) is 13.4. The van der Waals surface area contributed by atoms with Gasteiger partial charge in [0.25, 0.3) is 0 Å². The fraction of sp³-hybridized carbons (Fsp3) is 0.135. The Kier molecular flexibility index (Phi) is 9.15. The lowest BCUT2D eigenvalue weighted by atomic mass is 9.99. The van der Waals surface area contributed by atoms with Gasteiger partial charge in [0.2, 0.25) is 0 Å². The van der Waals surface area contributed by atoms with Crippen LogP contribution in [0.15, 0.2) is 100 Å². The Hall–Kier alpha value is -4.60. The summed E-state index contributed by atoms with van der Waals surface area (Å²) < 4.78 is 1.80. The third-order valence-electron chi connectivity index (χ3n) is 7.68. The monoisotopic (exact) mass is 732 g/mol. The van der Waals surface area contributed by atoms with Gasteiger partial charge in [0.15, 0.2) is 5.78 Å². The minimum absolute atomic E-state index is 0.0935. The van der Waals surface area contributed by atoms with E-state index < -0.39 is 0 Å². The number of hydrogen-bond donors (Lipinski definition) is 1. The van der Waals surface area contributed by atoms with Crippen LogP contribution in [-0.2, 0) is 6.42 Å². The van der Waals surface area contributed by atoms with E-state index in [1.165, 1.54) is 11.1 Å². The maximum Gasteiger partial charge on any atom is 0.169 e. The zero-order valence-corrected chi connectivity index (χ0v) is 28.9. The molecule has 228 valence electrons. The number of aromatic nitrogens is 6. The van der Waals surface area contributed by atoms with Crippen LogP contribution in [0.1, 0.15) is 38.3 Å². The predicted octanol–water partition coefficient (Wildman–Crippen LogP) is 9.50. The second kappa shape index (κ2) is 13.4. The lowest BCUT2D eigenvalue weighted by Crippen LogP contribution is -2.07. The van der Waals surface area contributed by atoms with Gasteiger partial charge in [-0.1, -0.05) is 35.4 Å². The number of pyridine rings is 4. The standard InChI is InChI=1S/C19H15BrN4.C18H15BrN2O/c1-11-3-4-12(2)14(7-11)19-15(10-22-24-19)16-5-6-17-18(23-16)8-13(20)9-21-17;1-11-3-4-12(2)15(7-11)18(22)9-14-5-6-16-17(21-14)8-13(19)10-20-16/h3-10H,1-2H3,(H,22,24);3-8,10H,9H2,1-2H3. The minimum atomic E-state index is 0.0935. The van der Waals surface area contributed by atoms with E-state index in [9.17, 15) is 4.79 Å². The van der Waals surface area contributed by atoms with Crippen molar-refractivity contribution >= 4 is 59.7 Å². The average Bonchev–Trinajstić information content (AvgIpc) is 3.53. The Balaban J connectivity index is 0.000000162. The molecule has 0 spiro atoms. The van der Waals surface area contributed by atoms with Gasteiger partial charge >= 0.3 is 0 Å². The number of nitrogens with one attached hydrogen (secondary N) is 1. The van der Waals surface area contributed by atoms with Crippen LogP contribution in [0.3, 0.4) is 0 Å². The lowest BCUT2D eigenvalue weighted by Gasteiger charge is -2.08. The van der Waals surface area contributed by atoms with Gasteiger partial charge in [0.1, 0.15) is 0 Å². The molecule has 0 radical (unpaired) electrons. The molecule has 1 N–H and O–H groups in total. The van der Waals surface area contributed by atoms with Crippen LogP contribution in [0.2, 0.25) is 0 Å². The second-order valence-electron chi connectivity index (χ2n) is 11.3. The van der Waals surface area contributed by atoms with Crippen LogP contribution in [-0.4, -0.2) is 35.9 Å². The van der Waals surface area contributed by atoms with E-state index in [-0.39, 0.29) is 5.78 Å². The lowest BCUT2D eigenvalue weighted by molar-refractivity contribution is 0.0991. The van der Waals surface area contributed by atoms with Crippen molar-refractivity contribution in [3.05, 3.63) is 134 Å². The highest BCUT2D eigenvalue weighted by atomic mass is 79.9. The number of fused-ring (bicyclic) bond motifs is 2. The summed E-state index contributed by atoms with van der Waals surface area (Å²) in [6.07, 6.45) is 5.65. The normalized spacial score (nSPS) is 11.0. The molecule has 5 heterocycles. The van der Waals surface area contributed by atoms with E-state index in [1.54, 1.807) is 12.4 Å². The van der Waals surface area contributed by atoms with Gasteiger partial charge in [-0.15, -0.1) is 0 Å².